The van der Waals surface area contributed by atoms with E-state index >= 15 is 0 Å². The Bertz CT molecular complexity index is 934. The maximum Gasteiger partial charge on any atom is 0.191 e. The number of aryl methyl sites for hydroxylation is 1. The molecule has 0 aromatic heterocycles. The van der Waals surface area contributed by atoms with Gasteiger partial charge in [-0.15, -0.1) is 0 Å². The highest BCUT2D eigenvalue weighted by atomic mass is 32.2. The normalized spacial score (nSPS) is 14.9. The Hall–Kier alpha value is -1.13. The molecule has 0 aliphatic rings. The minimum Gasteiger partial charge on any atom is -0.417 e. The van der Waals surface area contributed by atoms with Gasteiger partial charge in [-0.1, -0.05) is 59.2 Å². The van der Waals surface area contributed by atoms with E-state index in [9.17, 15) is 9.00 Å². The minimum absolute atomic E-state index is 0.0712. The van der Waals surface area contributed by atoms with E-state index in [-0.39, 0.29) is 15.9 Å². The summed E-state index contributed by atoms with van der Waals surface area (Å²) in [5.41, 5.74) is 1.98. The Balaban J connectivity index is 2.87. The fourth-order valence-corrected chi connectivity index (χ4v) is 5.81. The monoisotopic (exact) mass is 550 g/mol. The lowest BCUT2D eigenvalue weighted by Crippen LogP contribution is -2.41. The molecule has 4 nitrogen and oxygen atoms in total. The summed E-state index contributed by atoms with van der Waals surface area (Å²) in [6.07, 6.45) is 5.28. The van der Waals surface area contributed by atoms with E-state index in [1.165, 1.54) is 0 Å². The molecule has 7 heteroatoms. The average molecular weight is 551 g/mol. The van der Waals surface area contributed by atoms with Gasteiger partial charge in [0.15, 0.2) is 22.4 Å². The molecule has 0 saturated heterocycles. The van der Waals surface area contributed by atoms with Crippen LogP contribution in [0.25, 0.3) is 0 Å². The van der Waals surface area contributed by atoms with E-state index in [0.29, 0.717) is 32.5 Å². The molecule has 0 spiro atoms. The molecule has 0 fully saturated rings. The van der Waals surface area contributed by atoms with Crippen molar-refractivity contribution in [2.45, 2.75) is 109 Å². The van der Waals surface area contributed by atoms with Crippen molar-refractivity contribution in [1.82, 2.24) is 0 Å². The van der Waals surface area contributed by atoms with E-state index in [2.05, 4.69) is 67.7 Å². The zero-order chi connectivity index (χ0) is 27.8. The Morgan fingerprint density at radius 1 is 0.861 bits per heavy atom. The summed E-state index contributed by atoms with van der Waals surface area (Å²) in [7, 11) is -4.96. The second-order valence-corrected chi connectivity index (χ2v) is 23.6. The van der Waals surface area contributed by atoms with Crippen molar-refractivity contribution >= 4 is 33.2 Å². The highest BCUT2D eigenvalue weighted by Crippen LogP contribution is 2.37. The smallest absolute Gasteiger partial charge is 0.191 e. The number of allylic oxidation sites excluding steroid dienone is 2. The molecule has 0 aliphatic carbocycles. The van der Waals surface area contributed by atoms with Gasteiger partial charge in [-0.3, -0.25) is 4.79 Å². The maximum absolute atomic E-state index is 12.8. The van der Waals surface area contributed by atoms with Crippen LogP contribution in [0.2, 0.25) is 36.3 Å². The lowest BCUT2D eigenvalue weighted by atomic mass is 10.1. The number of hydrogen-bond acceptors (Lipinski definition) is 4. The van der Waals surface area contributed by atoms with Gasteiger partial charge in [0, 0.05) is 29.9 Å². The SMILES string of the molecule is Cc1ccc(S(=O)/C=C\C(=C\C(=O)CCCO[Si](C)(C)C(C)(C)C)CCO[Si](C)(C)C(C)(C)C)cc1. The van der Waals surface area contributed by atoms with E-state index in [1.807, 2.05) is 37.3 Å². The van der Waals surface area contributed by atoms with Crippen molar-refractivity contribution < 1.29 is 17.9 Å². The van der Waals surface area contributed by atoms with Crippen LogP contribution in [0.3, 0.4) is 0 Å². The van der Waals surface area contributed by atoms with Crippen LogP contribution in [0.15, 0.2) is 52.3 Å². The summed E-state index contributed by atoms with van der Waals surface area (Å²) < 4.78 is 25.3. The first-order valence-corrected chi connectivity index (χ1v) is 20.1. The standard InChI is InChI=1S/C29H50O4SSi2/c1-24-14-16-27(17-15-24)34(31)22-19-25(18-21-33-36(10,11)29(5,6)7)23-26(30)13-12-20-32-35(8,9)28(2,3)4/h14-17,19,22-23H,12-13,18,20-21H2,1-11H3/b22-19-,25-23+. The van der Waals surface area contributed by atoms with Crippen molar-refractivity contribution in [3.8, 4) is 0 Å². The first kappa shape index (κ1) is 32.9. The summed E-state index contributed by atoms with van der Waals surface area (Å²) in [6, 6.07) is 7.68. The molecule has 1 aromatic rings. The quantitative estimate of drug-likeness (QED) is 0.107. The van der Waals surface area contributed by atoms with Gasteiger partial charge in [0.25, 0.3) is 0 Å². The summed E-state index contributed by atoms with van der Waals surface area (Å²) in [5, 5.41) is 1.96. The number of carbonyl (C=O) groups excluding carboxylic acids is 1. The van der Waals surface area contributed by atoms with Crippen LogP contribution in [-0.2, 0) is 24.4 Å². The number of rotatable bonds is 13. The van der Waals surface area contributed by atoms with Crippen LogP contribution in [0.5, 0.6) is 0 Å². The van der Waals surface area contributed by atoms with Crippen molar-refractivity contribution in [3.63, 3.8) is 0 Å². The molecule has 0 saturated carbocycles. The summed E-state index contributed by atoms with van der Waals surface area (Å²) in [4.78, 5) is 13.5. The molecular formula is C29H50O4SSi2. The van der Waals surface area contributed by atoms with Crippen LogP contribution in [0.1, 0.15) is 66.4 Å². The number of carbonyl (C=O) groups is 1. The molecule has 1 atom stereocenters. The lowest BCUT2D eigenvalue weighted by molar-refractivity contribution is -0.114. The van der Waals surface area contributed by atoms with E-state index in [0.717, 1.165) is 16.0 Å². The van der Waals surface area contributed by atoms with Gasteiger partial charge < -0.3 is 8.85 Å². The molecule has 0 heterocycles. The first-order chi connectivity index (χ1) is 16.4. The highest BCUT2D eigenvalue weighted by Gasteiger charge is 2.37. The van der Waals surface area contributed by atoms with Crippen LogP contribution < -0.4 is 0 Å². The van der Waals surface area contributed by atoms with E-state index in [4.69, 9.17) is 8.85 Å². The Morgan fingerprint density at radius 3 is 1.86 bits per heavy atom. The van der Waals surface area contributed by atoms with Gasteiger partial charge >= 0.3 is 0 Å². The Labute approximate surface area is 225 Å². The molecule has 1 rings (SSSR count). The zero-order valence-electron chi connectivity index (χ0n) is 24.6. The minimum atomic E-state index is -1.88. The van der Waals surface area contributed by atoms with Crippen LogP contribution in [0.4, 0.5) is 0 Å². The zero-order valence-corrected chi connectivity index (χ0v) is 27.4. The highest BCUT2D eigenvalue weighted by molar-refractivity contribution is 7.88. The Kier molecular flexibility index (Phi) is 12.4. The summed E-state index contributed by atoms with van der Waals surface area (Å²) in [5.74, 6) is 0.0712. The molecule has 0 amide bonds. The number of hydrogen-bond donors (Lipinski definition) is 0. The second kappa shape index (κ2) is 13.6. The van der Waals surface area contributed by atoms with Crippen LogP contribution in [0, 0.1) is 6.92 Å². The summed E-state index contributed by atoms with van der Waals surface area (Å²) in [6.45, 7) is 25.4. The molecule has 0 bridgehead atoms. The van der Waals surface area contributed by atoms with Crippen molar-refractivity contribution in [3.05, 3.63) is 53.0 Å². The topological polar surface area (TPSA) is 52.6 Å². The largest absolute Gasteiger partial charge is 0.417 e. The van der Waals surface area contributed by atoms with Gasteiger partial charge in [-0.25, -0.2) is 4.21 Å². The molecular weight excluding hydrogens is 501 g/mol. The fraction of sp³-hybridized carbons (Fsp3) is 0.621. The molecule has 0 N–H and O–H groups in total. The number of benzene rings is 1. The second-order valence-electron chi connectivity index (χ2n) is 12.7. The maximum atomic E-state index is 12.8. The van der Waals surface area contributed by atoms with Gasteiger partial charge in [0.2, 0.25) is 0 Å². The van der Waals surface area contributed by atoms with Gasteiger partial charge in [-0.2, -0.15) is 0 Å². The van der Waals surface area contributed by atoms with Crippen molar-refractivity contribution in [1.29, 1.82) is 0 Å². The molecule has 0 radical (unpaired) electrons. The predicted octanol–water partition coefficient (Wildman–Crippen LogP) is 8.33. The molecule has 204 valence electrons. The average Bonchev–Trinajstić information content (AvgIpc) is 2.73. The van der Waals surface area contributed by atoms with Crippen LogP contribution >= 0.6 is 0 Å². The Morgan fingerprint density at radius 2 is 1.36 bits per heavy atom. The van der Waals surface area contributed by atoms with Gasteiger partial charge in [0.1, 0.15) is 0 Å². The van der Waals surface area contributed by atoms with Gasteiger partial charge in [0.05, 0.1) is 10.8 Å². The molecule has 1 unspecified atom stereocenters. The third-order valence-electron chi connectivity index (χ3n) is 7.50. The van der Waals surface area contributed by atoms with Gasteiger partial charge in [-0.05, 0) is 85.9 Å². The van der Waals surface area contributed by atoms with E-state index < -0.39 is 27.4 Å². The molecule has 0 aliphatic heterocycles. The number of ketones is 1. The summed E-state index contributed by atoms with van der Waals surface area (Å²) >= 11 is 0. The predicted molar refractivity (Wildman–Crippen MR) is 160 cm³/mol. The first-order valence-electron chi connectivity index (χ1n) is 13.0. The van der Waals surface area contributed by atoms with E-state index in [1.54, 1.807) is 11.5 Å². The fourth-order valence-electron chi connectivity index (χ4n) is 2.81. The lowest BCUT2D eigenvalue weighted by Gasteiger charge is -2.36. The third-order valence-corrected chi connectivity index (χ3v) is 17.7. The van der Waals surface area contributed by atoms with Crippen molar-refractivity contribution in [2.24, 2.45) is 0 Å². The van der Waals surface area contributed by atoms with Crippen molar-refractivity contribution in [2.75, 3.05) is 13.2 Å². The van der Waals surface area contributed by atoms with Crippen LogP contribution in [-0.4, -0.2) is 39.8 Å². The third kappa shape index (κ3) is 11.1. The molecule has 1 aromatic carbocycles. The molecule has 36 heavy (non-hydrogen) atoms.